The number of carbonyl (C=O) groups excluding carboxylic acids is 1. The van der Waals surface area contributed by atoms with Gasteiger partial charge in [0.1, 0.15) is 0 Å². The summed E-state index contributed by atoms with van der Waals surface area (Å²) < 4.78 is 5.65. The van der Waals surface area contributed by atoms with E-state index in [1.807, 2.05) is 31.2 Å². The predicted molar refractivity (Wildman–Crippen MR) is 81.2 cm³/mol. The third kappa shape index (κ3) is 3.68. The molecule has 0 bridgehead atoms. The van der Waals surface area contributed by atoms with E-state index in [9.17, 15) is 4.79 Å². The van der Waals surface area contributed by atoms with Crippen molar-refractivity contribution in [3.05, 3.63) is 35.4 Å². The van der Waals surface area contributed by atoms with Gasteiger partial charge in [-0.15, -0.1) is 0 Å². The van der Waals surface area contributed by atoms with Gasteiger partial charge in [0.2, 0.25) is 0 Å². The molecule has 1 aliphatic rings. The Morgan fingerprint density at radius 3 is 2.75 bits per heavy atom. The monoisotopic (exact) mass is 275 g/mol. The molecule has 2 atom stereocenters. The standard InChI is InChI=1S/C17H25NO2/c1-4-15-6-8-16(9-7-15)17(19)14(3)18-10-5-11-20-13(2)12-18/h6-9,13-14H,4-5,10-12H2,1-3H3. The van der Waals surface area contributed by atoms with Gasteiger partial charge in [-0.25, -0.2) is 0 Å². The average molecular weight is 275 g/mol. The minimum atomic E-state index is -0.0772. The highest BCUT2D eigenvalue weighted by molar-refractivity contribution is 5.99. The van der Waals surface area contributed by atoms with E-state index in [0.29, 0.717) is 0 Å². The topological polar surface area (TPSA) is 29.5 Å². The van der Waals surface area contributed by atoms with Crippen molar-refractivity contribution in [3.8, 4) is 0 Å². The van der Waals surface area contributed by atoms with Gasteiger partial charge in [-0.05, 0) is 32.3 Å². The molecule has 0 radical (unpaired) electrons. The molecule has 3 nitrogen and oxygen atoms in total. The van der Waals surface area contributed by atoms with Crippen LogP contribution in [-0.2, 0) is 11.2 Å². The van der Waals surface area contributed by atoms with E-state index in [0.717, 1.165) is 38.1 Å². The maximum absolute atomic E-state index is 12.6. The van der Waals surface area contributed by atoms with Gasteiger partial charge in [-0.2, -0.15) is 0 Å². The summed E-state index contributed by atoms with van der Waals surface area (Å²) in [5, 5.41) is 0. The second-order valence-corrected chi connectivity index (χ2v) is 5.62. The van der Waals surface area contributed by atoms with E-state index >= 15 is 0 Å². The number of Topliss-reactive ketones (excluding diaryl/α,β-unsaturated/α-hetero) is 1. The molecule has 3 heteroatoms. The average Bonchev–Trinajstić information content (AvgIpc) is 2.70. The molecule has 0 aromatic heterocycles. The first-order valence-electron chi connectivity index (χ1n) is 7.60. The number of hydrogen-bond acceptors (Lipinski definition) is 3. The van der Waals surface area contributed by atoms with E-state index in [-0.39, 0.29) is 17.9 Å². The number of rotatable bonds is 4. The molecule has 1 aromatic rings. The molecular weight excluding hydrogens is 250 g/mol. The van der Waals surface area contributed by atoms with Crippen molar-refractivity contribution >= 4 is 5.78 Å². The van der Waals surface area contributed by atoms with E-state index in [1.165, 1.54) is 5.56 Å². The van der Waals surface area contributed by atoms with Gasteiger partial charge in [0.25, 0.3) is 0 Å². The number of carbonyl (C=O) groups is 1. The fourth-order valence-corrected chi connectivity index (χ4v) is 2.69. The third-order valence-electron chi connectivity index (χ3n) is 4.06. The first kappa shape index (κ1) is 15.2. The van der Waals surface area contributed by atoms with Crippen LogP contribution in [0, 0.1) is 0 Å². The Balaban J connectivity index is 2.06. The Morgan fingerprint density at radius 1 is 1.40 bits per heavy atom. The van der Waals surface area contributed by atoms with E-state index in [2.05, 4.69) is 18.7 Å². The van der Waals surface area contributed by atoms with Crippen LogP contribution in [0.4, 0.5) is 0 Å². The molecule has 1 saturated heterocycles. The van der Waals surface area contributed by atoms with Crippen molar-refractivity contribution < 1.29 is 9.53 Å². The SMILES string of the molecule is CCc1ccc(C(=O)C(C)N2CCCOC(C)C2)cc1. The van der Waals surface area contributed by atoms with Crippen LogP contribution >= 0.6 is 0 Å². The van der Waals surface area contributed by atoms with E-state index in [1.54, 1.807) is 0 Å². The summed E-state index contributed by atoms with van der Waals surface area (Å²) in [5.74, 6) is 0.210. The summed E-state index contributed by atoms with van der Waals surface area (Å²) in [5.41, 5.74) is 2.08. The van der Waals surface area contributed by atoms with E-state index < -0.39 is 0 Å². The minimum Gasteiger partial charge on any atom is -0.377 e. The lowest BCUT2D eigenvalue weighted by atomic mass is 10.0. The maximum Gasteiger partial charge on any atom is 0.179 e. The molecule has 20 heavy (non-hydrogen) atoms. The van der Waals surface area contributed by atoms with Crippen LogP contribution in [0.3, 0.4) is 0 Å². The fourth-order valence-electron chi connectivity index (χ4n) is 2.69. The van der Waals surface area contributed by atoms with Crippen molar-refractivity contribution in [1.29, 1.82) is 0 Å². The summed E-state index contributed by atoms with van der Waals surface area (Å²) in [7, 11) is 0. The Bertz CT molecular complexity index is 441. The summed E-state index contributed by atoms with van der Waals surface area (Å²) in [6.45, 7) is 8.77. The largest absolute Gasteiger partial charge is 0.377 e. The smallest absolute Gasteiger partial charge is 0.179 e. The predicted octanol–water partition coefficient (Wildman–Crippen LogP) is 2.93. The molecule has 110 valence electrons. The normalized spacial score (nSPS) is 22.2. The zero-order valence-electron chi connectivity index (χ0n) is 12.8. The number of ether oxygens (including phenoxy) is 1. The molecule has 0 spiro atoms. The molecule has 2 rings (SSSR count). The van der Waals surface area contributed by atoms with Gasteiger partial charge in [0.05, 0.1) is 12.1 Å². The number of benzene rings is 1. The van der Waals surface area contributed by atoms with Crippen molar-refractivity contribution in [1.82, 2.24) is 4.90 Å². The molecule has 2 unspecified atom stereocenters. The summed E-state index contributed by atoms with van der Waals surface area (Å²) >= 11 is 0. The molecular formula is C17H25NO2. The van der Waals surface area contributed by atoms with Crippen LogP contribution < -0.4 is 0 Å². The molecule has 0 amide bonds. The van der Waals surface area contributed by atoms with Gasteiger partial charge in [-0.3, -0.25) is 9.69 Å². The first-order valence-corrected chi connectivity index (χ1v) is 7.60. The van der Waals surface area contributed by atoms with Gasteiger partial charge in [0, 0.05) is 25.3 Å². The third-order valence-corrected chi connectivity index (χ3v) is 4.06. The molecule has 1 aliphatic heterocycles. The van der Waals surface area contributed by atoms with Crippen LogP contribution in [0.1, 0.15) is 43.1 Å². The summed E-state index contributed by atoms with van der Waals surface area (Å²) in [6.07, 6.45) is 2.21. The Hall–Kier alpha value is -1.19. The van der Waals surface area contributed by atoms with Crippen molar-refractivity contribution in [2.75, 3.05) is 19.7 Å². The molecule has 0 aliphatic carbocycles. The summed E-state index contributed by atoms with van der Waals surface area (Å²) in [6, 6.07) is 7.93. The van der Waals surface area contributed by atoms with Crippen LogP contribution in [0.5, 0.6) is 0 Å². The van der Waals surface area contributed by atoms with Crippen LogP contribution in [0.2, 0.25) is 0 Å². The lowest BCUT2D eigenvalue weighted by Gasteiger charge is -2.27. The Labute approximate surface area is 121 Å². The summed E-state index contributed by atoms with van der Waals surface area (Å²) in [4.78, 5) is 14.8. The van der Waals surface area contributed by atoms with Crippen LogP contribution in [-0.4, -0.2) is 42.5 Å². The zero-order valence-corrected chi connectivity index (χ0v) is 12.8. The fraction of sp³-hybridized carbons (Fsp3) is 0.588. The van der Waals surface area contributed by atoms with Crippen LogP contribution in [0.25, 0.3) is 0 Å². The number of hydrogen-bond donors (Lipinski definition) is 0. The molecule has 1 fully saturated rings. The molecule has 0 saturated carbocycles. The number of aryl methyl sites for hydroxylation is 1. The highest BCUT2D eigenvalue weighted by Gasteiger charge is 2.25. The quantitative estimate of drug-likeness (QED) is 0.791. The zero-order chi connectivity index (χ0) is 14.5. The lowest BCUT2D eigenvalue weighted by Crippen LogP contribution is -2.42. The Kier molecular flexibility index (Phi) is 5.32. The molecule has 0 N–H and O–H groups in total. The van der Waals surface area contributed by atoms with Gasteiger partial charge in [-0.1, -0.05) is 31.2 Å². The van der Waals surface area contributed by atoms with Gasteiger partial charge in [0.15, 0.2) is 5.78 Å². The van der Waals surface area contributed by atoms with Crippen LogP contribution in [0.15, 0.2) is 24.3 Å². The van der Waals surface area contributed by atoms with E-state index in [4.69, 9.17) is 4.74 Å². The van der Waals surface area contributed by atoms with Gasteiger partial charge < -0.3 is 4.74 Å². The first-order chi connectivity index (χ1) is 9.61. The maximum atomic E-state index is 12.6. The number of ketones is 1. The molecule has 1 heterocycles. The Morgan fingerprint density at radius 2 is 2.10 bits per heavy atom. The second kappa shape index (κ2) is 7.00. The van der Waals surface area contributed by atoms with Crippen molar-refractivity contribution in [2.24, 2.45) is 0 Å². The molecule has 1 aromatic carbocycles. The van der Waals surface area contributed by atoms with Gasteiger partial charge >= 0.3 is 0 Å². The van der Waals surface area contributed by atoms with Crippen molar-refractivity contribution in [3.63, 3.8) is 0 Å². The second-order valence-electron chi connectivity index (χ2n) is 5.62. The lowest BCUT2D eigenvalue weighted by molar-refractivity contribution is 0.0581. The van der Waals surface area contributed by atoms with Crippen molar-refractivity contribution in [2.45, 2.75) is 45.8 Å². The highest BCUT2D eigenvalue weighted by Crippen LogP contribution is 2.14. The highest BCUT2D eigenvalue weighted by atomic mass is 16.5. The number of nitrogens with zero attached hydrogens (tertiary/aromatic N) is 1. The minimum absolute atomic E-state index is 0.0772.